The van der Waals surface area contributed by atoms with Gasteiger partial charge in [0.15, 0.2) is 0 Å². The van der Waals surface area contributed by atoms with Crippen molar-refractivity contribution in [2.75, 3.05) is 51.9 Å². The van der Waals surface area contributed by atoms with Crippen molar-refractivity contribution >= 4 is 5.82 Å². The SMILES string of the molecule is Cc1cc(N(C)C)nc([C@H]2COCCN2CCOc2ccccc2)n1. The molecule has 1 aliphatic rings. The summed E-state index contributed by atoms with van der Waals surface area (Å²) in [5.41, 5.74) is 0.972. The smallest absolute Gasteiger partial charge is 0.150 e. The molecule has 1 fully saturated rings. The Morgan fingerprint density at radius 3 is 2.80 bits per heavy atom. The van der Waals surface area contributed by atoms with E-state index >= 15 is 0 Å². The maximum absolute atomic E-state index is 5.85. The molecule has 134 valence electrons. The lowest BCUT2D eigenvalue weighted by molar-refractivity contribution is -0.0163. The van der Waals surface area contributed by atoms with Gasteiger partial charge in [-0.1, -0.05) is 18.2 Å². The minimum atomic E-state index is 0.0618. The summed E-state index contributed by atoms with van der Waals surface area (Å²) in [4.78, 5) is 13.7. The molecule has 1 aromatic heterocycles. The molecular formula is C19H26N4O2. The molecule has 1 aromatic carbocycles. The maximum Gasteiger partial charge on any atom is 0.150 e. The summed E-state index contributed by atoms with van der Waals surface area (Å²) in [6, 6.07) is 12.0. The third-order valence-electron chi connectivity index (χ3n) is 4.24. The number of rotatable bonds is 6. The van der Waals surface area contributed by atoms with Crippen LogP contribution in [-0.4, -0.2) is 61.9 Å². The number of nitrogens with zero attached hydrogens (tertiary/aromatic N) is 4. The van der Waals surface area contributed by atoms with E-state index in [9.17, 15) is 0 Å². The first-order chi connectivity index (χ1) is 12.1. The van der Waals surface area contributed by atoms with Crippen LogP contribution in [-0.2, 0) is 4.74 Å². The van der Waals surface area contributed by atoms with E-state index < -0.39 is 0 Å². The van der Waals surface area contributed by atoms with Gasteiger partial charge >= 0.3 is 0 Å². The summed E-state index contributed by atoms with van der Waals surface area (Å²) in [5.74, 6) is 2.64. The van der Waals surface area contributed by atoms with E-state index in [4.69, 9.17) is 14.5 Å². The van der Waals surface area contributed by atoms with Crippen LogP contribution in [0.1, 0.15) is 17.6 Å². The van der Waals surface area contributed by atoms with Crippen molar-refractivity contribution in [2.24, 2.45) is 0 Å². The summed E-state index contributed by atoms with van der Waals surface area (Å²) in [6.45, 7) is 5.66. The molecule has 1 atom stereocenters. The van der Waals surface area contributed by atoms with Crippen LogP contribution in [0.15, 0.2) is 36.4 Å². The second-order valence-corrected chi connectivity index (χ2v) is 6.41. The lowest BCUT2D eigenvalue weighted by atomic mass is 10.2. The van der Waals surface area contributed by atoms with E-state index in [-0.39, 0.29) is 6.04 Å². The predicted molar refractivity (Wildman–Crippen MR) is 98.2 cm³/mol. The van der Waals surface area contributed by atoms with E-state index in [0.717, 1.165) is 42.8 Å². The quantitative estimate of drug-likeness (QED) is 0.803. The first-order valence-electron chi connectivity index (χ1n) is 8.66. The highest BCUT2D eigenvalue weighted by molar-refractivity contribution is 5.38. The lowest BCUT2D eigenvalue weighted by Gasteiger charge is -2.34. The fourth-order valence-corrected chi connectivity index (χ4v) is 2.89. The van der Waals surface area contributed by atoms with Gasteiger partial charge in [0, 0.05) is 38.9 Å². The van der Waals surface area contributed by atoms with E-state index in [0.29, 0.717) is 13.2 Å². The summed E-state index contributed by atoms with van der Waals surface area (Å²) in [5, 5.41) is 0. The minimum Gasteiger partial charge on any atom is -0.492 e. The summed E-state index contributed by atoms with van der Waals surface area (Å²) in [6.07, 6.45) is 0. The number of benzene rings is 1. The largest absolute Gasteiger partial charge is 0.492 e. The van der Waals surface area contributed by atoms with Crippen LogP contribution in [0.5, 0.6) is 5.75 Å². The molecule has 0 spiro atoms. The van der Waals surface area contributed by atoms with Gasteiger partial charge in [-0.3, -0.25) is 4.90 Å². The van der Waals surface area contributed by atoms with Crippen LogP contribution in [0, 0.1) is 6.92 Å². The van der Waals surface area contributed by atoms with Crippen molar-refractivity contribution in [3.8, 4) is 5.75 Å². The Bertz CT molecular complexity index is 678. The zero-order chi connectivity index (χ0) is 17.6. The third-order valence-corrected chi connectivity index (χ3v) is 4.24. The molecule has 1 saturated heterocycles. The Labute approximate surface area is 149 Å². The zero-order valence-corrected chi connectivity index (χ0v) is 15.2. The van der Waals surface area contributed by atoms with Gasteiger partial charge in [-0.25, -0.2) is 9.97 Å². The fourth-order valence-electron chi connectivity index (χ4n) is 2.89. The number of hydrogen-bond acceptors (Lipinski definition) is 6. The van der Waals surface area contributed by atoms with E-state index in [1.807, 2.05) is 62.3 Å². The monoisotopic (exact) mass is 342 g/mol. The average Bonchev–Trinajstić information content (AvgIpc) is 2.62. The Morgan fingerprint density at radius 2 is 2.04 bits per heavy atom. The molecule has 0 aliphatic carbocycles. The highest BCUT2D eigenvalue weighted by Crippen LogP contribution is 2.23. The number of anilines is 1. The van der Waals surface area contributed by atoms with Gasteiger partial charge in [0.1, 0.15) is 24.0 Å². The van der Waals surface area contributed by atoms with Gasteiger partial charge in [-0.2, -0.15) is 0 Å². The molecule has 25 heavy (non-hydrogen) atoms. The van der Waals surface area contributed by atoms with Crippen LogP contribution >= 0.6 is 0 Å². The van der Waals surface area contributed by atoms with Crippen LogP contribution in [0.25, 0.3) is 0 Å². The van der Waals surface area contributed by atoms with Crippen LogP contribution < -0.4 is 9.64 Å². The summed E-state index contributed by atoms with van der Waals surface area (Å²) < 4.78 is 11.5. The molecule has 0 unspecified atom stereocenters. The molecule has 6 heteroatoms. The number of para-hydroxylation sites is 1. The highest BCUT2D eigenvalue weighted by atomic mass is 16.5. The van der Waals surface area contributed by atoms with Crippen LogP contribution in [0.2, 0.25) is 0 Å². The molecule has 3 rings (SSSR count). The predicted octanol–water partition coefficient (Wildman–Crippen LogP) is 2.30. The molecule has 2 aromatic rings. The minimum absolute atomic E-state index is 0.0618. The van der Waals surface area contributed by atoms with Crippen molar-refractivity contribution in [2.45, 2.75) is 13.0 Å². The number of hydrogen-bond donors (Lipinski definition) is 0. The molecule has 0 N–H and O–H groups in total. The van der Waals surface area contributed by atoms with Crippen LogP contribution in [0.4, 0.5) is 5.82 Å². The van der Waals surface area contributed by atoms with Crippen LogP contribution in [0.3, 0.4) is 0 Å². The number of aryl methyl sites for hydroxylation is 1. The highest BCUT2D eigenvalue weighted by Gasteiger charge is 2.27. The molecule has 1 aliphatic heterocycles. The van der Waals surface area contributed by atoms with Crippen molar-refractivity contribution in [1.82, 2.24) is 14.9 Å². The summed E-state index contributed by atoms with van der Waals surface area (Å²) in [7, 11) is 3.99. The van der Waals surface area contributed by atoms with E-state index in [1.54, 1.807) is 0 Å². The molecule has 0 radical (unpaired) electrons. The molecule has 0 saturated carbocycles. The van der Waals surface area contributed by atoms with Crippen molar-refractivity contribution < 1.29 is 9.47 Å². The summed E-state index contributed by atoms with van der Waals surface area (Å²) >= 11 is 0. The Balaban J connectivity index is 1.68. The normalized spacial score (nSPS) is 18.1. The molecular weight excluding hydrogens is 316 g/mol. The Hall–Kier alpha value is -2.18. The molecule has 0 bridgehead atoms. The van der Waals surface area contributed by atoms with Gasteiger partial charge in [-0.05, 0) is 19.1 Å². The van der Waals surface area contributed by atoms with Crippen molar-refractivity contribution in [1.29, 1.82) is 0 Å². The third kappa shape index (κ3) is 4.67. The first kappa shape index (κ1) is 17.6. The van der Waals surface area contributed by atoms with Gasteiger partial charge in [0.25, 0.3) is 0 Å². The van der Waals surface area contributed by atoms with Gasteiger partial charge in [-0.15, -0.1) is 0 Å². The molecule has 2 heterocycles. The van der Waals surface area contributed by atoms with Gasteiger partial charge in [0.2, 0.25) is 0 Å². The molecule has 6 nitrogen and oxygen atoms in total. The zero-order valence-electron chi connectivity index (χ0n) is 15.2. The Kier molecular flexibility index (Phi) is 5.83. The first-order valence-corrected chi connectivity index (χ1v) is 8.66. The second-order valence-electron chi connectivity index (χ2n) is 6.41. The Morgan fingerprint density at radius 1 is 1.24 bits per heavy atom. The van der Waals surface area contributed by atoms with Crippen molar-refractivity contribution in [3.05, 3.63) is 47.9 Å². The van der Waals surface area contributed by atoms with E-state index in [2.05, 4.69) is 9.88 Å². The van der Waals surface area contributed by atoms with E-state index in [1.165, 1.54) is 0 Å². The molecule has 0 amide bonds. The second kappa shape index (κ2) is 8.27. The number of aromatic nitrogens is 2. The fraction of sp³-hybridized carbons (Fsp3) is 0.474. The van der Waals surface area contributed by atoms with Gasteiger partial charge in [0.05, 0.1) is 19.3 Å². The number of ether oxygens (including phenoxy) is 2. The topological polar surface area (TPSA) is 50.7 Å². The van der Waals surface area contributed by atoms with Crippen molar-refractivity contribution in [3.63, 3.8) is 0 Å². The maximum atomic E-state index is 5.85. The standard InChI is InChI=1S/C19H26N4O2/c1-15-13-18(22(2)3)21-19(20-15)17-14-24-11-9-23(17)10-12-25-16-7-5-4-6-8-16/h4-8,13,17H,9-12,14H2,1-3H3/t17-/m1/s1. The average molecular weight is 342 g/mol. The number of morpholine rings is 1. The lowest BCUT2D eigenvalue weighted by Crippen LogP contribution is -2.42. The van der Waals surface area contributed by atoms with Gasteiger partial charge < -0.3 is 14.4 Å².